The van der Waals surface area contributed by atoms with Gasteiger partial charge in [0.2, 0.25) is 0 Å². The summed E-state index contributed by atoms with van der Waals surface area (Å²) < 4.78 is 4.57. The molecule has 0 aliphatic heterocycles. The van der Waals surface area contributed by atoms with Crippen LogP contribution in [0.5, 0.6) is 0 Å². The third-order valence-corrected chi connectivity index (χ3v) is 2.51. The molecule has 1 rings (SSSR count). The summed E-state index contributed by atoms with van der Waals surface area (Å²) in [5.74, 6) is -0.308. The normalized spacial score (nSPS) is 9.47. The lowest BCUT2D eigenvalue weighted by Gasteiger charge is -2.06. The van der Waals surface area contributed by atoms with Gasteiger partial charge >= 0.3 is 5.97 Å². The van der Waals surface area contributed by atoms with E-state index in [4.69, 9.17) is 16.9 Å². The average molecular weight is 242 g/mol. The molecule has 0 atom stereocenters. The molecule has 0 bridgehead atoms. The molecule has 0 saturated carbocycles. The van der Waals surface area contributed by atoms with Crippen molar-refractivity contribution in [1.29, 1.82) is 5.26 Å². The van der Waals surface area contributed by atoms with Gasteiger partial charge in [-0.1, -0.05) is 0 Å². The summed E-state index contributed by atoms with van der Waals surface area (Å²) in [6.07, 6.45) is 0. The lowest BCUT2D eigenvalue weighted by Crippen LogP contribution is -2.05. The maximum atomic E-state index is 11.4. The summed E-state index contributed by atoms with van der Waals surface area (Å²) in [6.45, 7) is 0. The molecule has 0 fully saturated rings. The first-order chi connectivity index (χ1) is 7.13. The van der Waals surface area contributed by atoms with Crippen molar-refractivity contribution in [2.75, 3.05) is 7.11 Å². The number of hydrogen-bond acceptors (Lipinski definition) is 4. The van der Waals surface area contributed by atoms with Crippen LogP contribution in [0.15, 0.2) is 17.0 Å². The molecule has 0 amide bonds. The fourth-order valence-electron chi connectivity index (χ4n) is 1.15. The van der Waals surface area contributed by atoms with Crippen LogP contribution in [0.3, 0.4) is 0 Å². The van der Waals surface area contributed by atoms with Gasteiger partial charge in [0.05, 0.1) is 18.2 Å². The zero-order valence-corrected chi connectivity index (χ0v) is 9.60. The molecule has 0 saturated heterocycles. The number of carbonyl (C=O) groups excluding carboxylic acids is 1. The van der Waals surface area contributed by atoms with E-state index in [1.54, 1.807) is 6.07 Å². The largest absolute Gasteiger partial charge is 0.465 e. The molecule has 0 heterocycles. The molecule has 0 aliphatic rings. The predicted octanol–water partition coefficient (Wildman–Crippen LogP) is 2.37. The van der Waals surface area contributed by atoms with E-state index >= 15 is 0 Å². The molecule has 15 heavy (non-hydrogen) atoms. The van der Waals surface area contributed by atoms with Gasteiger partial charge in [-0.25, -0.2) is 4.79 Å². The van der Waals surface area contributed by atoms with Gasteiger partial charge in [-0.3, -0.25) is 0 Å². The van der Waals surface area contributed by atoms with Gasteiger partial charge < -0.3 is 4.74 Å². The molecule has 3 nitrogen and oxygen atoms in total. The Balaban J connectivity index is 3.40. The molecule has 5 heteroatoms. The molecule has 0 radical (unpaired) electrons. The first-order valence-corrected chi connectivity index (χ1v) is 5.02. The molecule has 78 valence electrons. The zero-order chi connectivity index (χ0) is 11.4. The van der Waals surface area contributed by atoms with Gasteiger partial charge in [0.25, 0.3) is 0 Å². The summed E-state index contributed by atoms with van der Waals surface area (Å²) in [6, 6.07) is 5.10. The number of thiol groups is 1. The van der Waals surface area contributed by atoms with Gasteiger partial charge in [-0.05, 0) is 17.7 Å². The van der Waals surface area contributed by atoms with Gasteiger partial charge in [-0.2, -0.15) is 5.26 Å². The summed E-state index contributed by atoms with van der Waals surface area (Å²) in [4.78, 5) is 11.8. The molecule has 1 aromatic carbocycles. The summed E-state index contributed by atoms with van der Waals surface area (Å²) in [5.41, 5.74) is 1.13. The fourth-order valence-corrected chi connectivity index (χ4v) is 1.64. The highest BCUT2D eigenvalue weighted by molar-refractivity contribution is 7.80. The maximum Gasteiger partial charge on any atom is 0.339 e. The number of rotatable bonds is 2. The van der Waals surface area contributed by atoms with Crippen LogP contribution in [0.4, 0.5) is 0 Å². The van der Waals surface area contributed by atoms with Crippen molar-refractivity contribution >= 4 is 30.2 Å². The van der Waals surface area contributed by atoms with E-state index in [1.165, 1.54) is 13.2 Å². The Morgan fingerprint density at radius 2 is 2.33 bits per heavy atom. The van der Waals surface area contributed by atoms with Crippen molar-refractivity contribution in [2.45, 2.75) is 10.8 Å². The highest BCUT2D eigenvalue weighted by Gasteiger charge is 2.15. The van der Waals surface area contributed by atoms with Crippen LogP contribution in [0.25, 0.3) is 0 Å². The number of nitriles is 1. The Kier molecular flexibility index (Phi) is 4.01. The topological polar surface area (TPSA) is 50.1 Å². The second-order valence-electron chi connectivity index (χ2n) is 2.77. The van der Waals surface area contributed by atoms with E-state index in [9.17, 15) is 4.79 Å². The van der Waals surface area contributed by atoms with Crippen molar-refractivity contribution in [1.82, 2.24) is 0 Å². The van der Waals surface area contributed by atoms with Crippen LogP contribution < -0.4 is 0 Å². The number of benzene rings is 1. The van der Waals surface area contributed by atoms with E-state index in [0.717, 1.165) is 5.56 Å². The molecule has 0 aliphatic carbocycles. The third kappa shape index (κ3) is 2.44. The molecule has 1 aromatic rings. The summed E-state index contributed by atoms with van der Waals surface area (Å²) >= 11 is 9.76. The summed E-state index contributed by atoms with van der Waals surface area (Å²) in [7, 11) is 1.26. The number of hydrogen-bond donors (Lipinski definition) is 1. The Labute approximate surface area is 98.0 Å². The fraction of sp³-hybridized carbons (Fsp3) is 0.200. The number of halogens is 1. The van der Waals surface area contributed by atoms with Crippen LogP contribution in [0.2, 0.25) is 0 Å². The first kappa shape index (κ1) is 11.9. The standard InChI is InChI=1S/C10H8ClNO2S/c1-14-10(13)7-2-6(4-11)3-9(15)8(7)5-12/h2-3,15H,4H2,1H3. The van der Waals surface area contributed by atoms with E-state index in [0.29, 0.717) is 4.90 Å². The number of methoxy groups -OCH3 is 1. The lowest BCUT2D eigenvalue weighted by molar-refractivity contribution is 0.0600. The second-order valence-corrected chi connectivity index (χ2v) is 3.52. The molecule has 0 unspecified atom stereocenters. The highest BCUT2D eigenvalue weighted by atomic mass is 35.5. The summed E-state index contributed by atoms with van der Waals surface area (Å²) in [5, 5.41) is 8.87. The van der Waals surface area contributed by atoms with Crippen molar-refractivity contribution in [3.05, 3.63) is 28.8 Å². The van der Waals surface area contributed by atoms with E-state index in [-0.39, 0.29) is 17.0 Å². The van der Waals surface area contributed by atoms with Gasteiger partial charge in [0.1, 0.15) is 6.07 Å². The van der Waals surface area contributed by atoms with Gasteiger partial charge in [-0.15, -0.1) is 24.2 Å². The molecular weight excluding hydrogens is 234 g/mol. The van der Waals surface area contributed by atoms with Crippen LogP contribution in [-0.2, 0) is 10.6 Å². The van der Waals surface area contributed by atoms with Crippen molar-refractivity contribution in [3.63, 3.8) is 0 Å². The smallest absolute Gasteiger partial charge is 0.339 e. The van der Waals surface area contributed by atoms with Crippen LogP contribution in [-0.4, -0.2) is 13.1 Å². The quantitative estimate of drug-likeness (QED) is 0.491. The molecule has 0 spiro atoms. The number of nitrogens with zero attached hydrogens (tertiary/aromatic N) is 1. The zero-order valence-electron chi connectivity index (χ0n) is 7.95. The first-order valence-electron chi connectivity index (χ1n) is 4.04. The minimum absolute atomic E-state index is 0.197. The minimum atomic E-state index is -0.561. The SMILES string of the molecule is COC(=O)c1cc(CCl)cc(S)c1C#N. The maximum absolute atomic E-state index is 11.4. The van der Waals surface area contributed by atoms with Crippen LogP contribution in [0.1, 0.15) is 21.5 Å². The monoisotopic (exact) mass is 241 g/mol. The average Bonchev–Trinajstić information content (AvgIpc) is 2.26. The van der Waals surface area contributed by atoms with Crippen LogP contribution in [0, 0.1) is 11.3 Å². The Hall–Kier alpha value is -1.18. The molecule has 0 aromatic heterocycles. The van der Waals surface area contributed by atoms with Gasteiger partial charge in [0.15, 0.2) is 0 Å². The number of alkyl halides is 1. The minimum Gasteiger partial charge on any atom is -0.465 e. The molecule has 0 N–H and O–H groups in total. The number of carbonyl (C=O) groups is 1. The second kappa shape index (κ2) is 5.06. The Morgan fingerprint density at radius 1 is 1.67 bits per heavy atom. The lowest BCUT2D eigenvalue weighted by atomic mass is 10.1. The predicted molar refractivity (Wildman–Crippen MR) is 59.3 cm³/mol. The third-order valence-electron chi connectivity index (χ3n) is 1.85. The van der Waals surface area contributed by atoms with E-state index in [1.807, 2.05) is 6.07 Å². The van der Waals surface area contributed by atoms with Gasteiger partial charge in [0, 0.05) is 10.8 Å². The Morgan fingerprint density at radius 3 is 2.80 bits per heavy atom. The number of ether oxygens (including phenoxy) is 1. The van der Waals surface area contributed by atoms with Crippen molar-refractivity contribution < 1.29 is 9.53 Å². The van der Waals surface area contributed by atoms with Crippen molar-refractivity contribution in [3.8, 4) is 6.07 Å². The molecular formula is C10H8ClNO2S. The van der Waals surface area contributed by atoms with Crippen molar-refractivity contribution in [2.24, 2.45) is 0 Å². The highest BCUT2D eigenvalue weighted by Crippen LogP contribution is 2.22. The van der Waals surface area contributed by atoms with E-state index < -0.39 is 5.97 Å². The Bertz CT molecular complexity index is 440. The van der Waals surface area contributed by atoms with Crippen LogP contribution >= 0.6 is 24.2 Å². The van der Waals surface area contributed by atoms with E-state index in [2.05, 4.69) is 17.4 Å². The number of esters is 1.